The maximum absolute atomic E-state index is 12.9. The highest BCUT2D eigenvalue weighted by Crippen LogP contribution is 2.18. The van der Waals surface area contributed by atoms with Crippen LogP contribution in [0.25, 0.3) is 0 Å². The van der Waals surface area contributed by atoms with Crippen LogP contribution in [0.2, 0.25) is 0 Å². The second-order valence-electron chi connectivity index (χ2n) is 8.73. The number of rotatable bonds is 12. The monoisotopic (exact) mass is 500 g/mol. The molecule has 194 valence electrons. The number of hydrogen-bond donors (Lipinski definition) is 2. The fourth-order valence-corrected chi connectivity index (χ4v) is 4.06. The molecule has 0 saturated heterocycles. The summed E-state index contributed by atoms with van der Waals surface area (Å²) in [4.78, 5) is 41.7. The van der Waals surface area contributed by atoms with E-state index in [1.165, 1.54) is 0 Å². The molecule has 7 heteroatoms. The fraction of sp³-hybridized carbons (Fsp3) is 0.300. The molecule has 0 fully saturated rings. The lowest BCUT2D eigenvalue weighted by atomic mass is 10.1. The molecular weight excluding hydrogens is 464 g/mol. The van der Waals surface area contributed by atoms with Gasteiger partial charge in [-0.05, 0) is 80.4 Å². The number of hydrogen-bond acceptors (Lipinski definition) is 4. The molecule has 3 aromatic rings. The summed E-state index contributed by atoms with van der Waals surface area (Å²) in [7, 11) is 0. The third-order valence-corrected chi connectivity index (χ3v) is 5.90. The smallest absolute Gasteiger partial charge is 0.258 e. The van der Waals surface area contributed by atoms with E-state index in [4.69, 9.17) is 0 Å². The summed E-state index contributed by atoms with van der Waals surface area (Å²) in [5, 5.41) is 5.92. The van der Waals surface area contributed by atoms with Gasteiger partial charge in [0.1, 0.15) is 0 Å². The minimum absolute atomic E-state index is 0.0102. The largest absolute Gasteiger partial charge is 0.376 e. The van der Waals surface area contributed by atoms with Gasteiger partial charge in [0.05, 0.1) is 6.54 Å². The van der Waals surface area contributed by atoms with Crippen LogP contribution in [0.4, 0.5) is 17.1 Å². The van der Waals surface area contributed by atoms with Crippen molar-refractivity contribution in [3.05, 3.63) is 90.0 Å². The summed E-state index contributed by atoms with van der Waals surface area (Å²) >= 11 is 0. The minimum atomic E-state index is -0.209. The van der Waals surface area contributed by atoms with Gasteiger partial charge in [-0.2, -0.15) is 0 Å². The Morgan fingerprint density at radius 1 is 0.676 bits per heavy atom. The van der Waals surface area contributed by atoms with Crippen LogP contribution in [0.1, 0.15) is 54.3 Å². The second kappa shape index (κ2) is 13.8. The Kier molecular flexibility index (Phi) is 10.3. The van der Waals surface area contributed by atoms with Crippen LogP contribution in [0.3, 0.4) is 0 Å². The first-order valence-electron chi connectivity index (χ1n) is 12.9. The van der Waals surface area contributed by atoms with Gasteiger partial charge in [-0.1, -0.05) is 32.0 Å². The highest BCUT2D eigenvalue weighted by molar-refractivity contribution is 6.06. The maximum Gasteiger partial charge on any atom is 0.258 e. The molecule has 0 spiro atoms. The van der Waals surface area contributed by atoms with Crippen molar-refractivity contribution >= 4 is 34.8 Å². The molecule has 0 heterocycles. The summed E-state index contributed by atoms with van der Waals surface area (Å²) in [6, 6.07) is 23.6. The van der Waals surface area contributed by atoms with Crippen molar-refractivity contribution in [3.63, 3.8) is 0 Å². The topological polar surface area (TPSA) is 81.8 Å². The van der Waals surface area contributed by atoms with Crippen LogP contribution in [-0.4, -0.2) is 48.8 Å². The number of carbonyl (C=O) groups excluding carboxylic acids is 3. The van der Waals surface area contributed by atoms with Crippen LogP contribution >= 0.6 is 0 Å². The van der Waals surface area contributed by atoms with E-state index < -0.39 is 0 Å². The van der Waals surface area contributed by atoms with Crippen molar-refractivity contribution in [1.82, 2.24) is 4.90 Å². The molecule has 37 heavy (non-hydrogen) atoms. The lowest BCUT2D eigenvalue weighted by Crippen LogP contribution is -2.32. The standard InChI is InChI=1S/C30H36N4O3/c1-4-20-33(21-5-2)29(36)23-14-18-26(19-15-23)32-28(35)22-31-25-16-12-24(13-17-25)30(37)34(6-3)27-10-8-7-9-11-27/h7-19,31H,4-6,20-22H2,1-3H3,(H,32,35). The number of para-hydroxylation sites is 1. The Hall–Kier alpha value is -4.13. The quantitative estimate of drug-likeness (QED) is 0.336. The van der Waals surface area contributed by atoms with Gasteiger partial charge in [0.15, 0.2) is 0 Å². The molecule has 0 saturated carbocycles. The highest BCUT2D eigenvalue weighted by Gasteiger charge is 2.16. The van der Waals surface area contributed by atoms with E-state index in [1.54, 1.807) is 53.4 Å². The predicted molar refractivity (Wildman–Crippen MR) is 150 cm³/mol. The third kappa shape index (κ3) is 7.67. The van der Waals surface area contributed by atoms with Gasteiger partial charge < -0.3 is 20.4 Å². The van der Waals surface area contributed by atoms with Gasteiger partial charge in [-0.25, -0.2) is 0 Å². The predicted octanol–water partition coefficient (Wildman–Crippen LogP) is 5.67. The van der Waals surface area contributed by atoms with Crippen LogP contribution in [0, 0.1) is 0 Å². The molecule has 2 N–H and O–H groups in total. The first-order valence-corrected chi connectivity index (χ1v) is 12.9. The van der Waals surface area contributed by atoms with Gasteiger partial charge in [-0.15, -0.1) is 0 Å². The van der Waals surface area contributed by atoms with Crippen LogP contribution in [-0.2, 0) is 4.79 Å². The number of carbonyl (C=O) groups is 3. The second-order valence-corrected chi connectivity index (χ2v) is 8.73. The Balaban J connectivity index is 1.52. The lowest BCUT2D eigenvalue weighted by molar-refractivity contribution is -0.114. The van der Waals surface area contributed by atoms with Crippen molar-refractivity contribution in [2.24, 2.45) is 0 Å². The van der Waals surface area contributed by atoms with Crippen molar-refractivity contribution < 1.29 is 14.4 Å². The molecule has 3 aromatic carbocycles. The van der Waals surface area contributed by atoms with Gasteiger partial charge in [0.2, 0.25) is 5.91 Å². The number of amides is 3. The zero-order valence-electron chi connectivity index (χ0n) is 21.9. The molecule has 7 nitrogen and oxygen atoms in total. The van der Waals surface area contributed by atoms with E-state index in [2.05, 4.69) is 24.5 Å². The SMILES string of the molecule is CCCN(CCC)C(=O)c1ccc(NC(=O)CNc2ccc(C(=O)N(CC)c3ccccc3)cc2)cc1. The molecule has 0 aromatic heterocycles. The summed E-state index contributed by atoms with van der Waals surface area (Å²) < 4.78 is 0. The van der Waals surface area contributed by atoms with Crippen LogP contribution in [0.5, 0.6) is 0 Å². The molecule has 0 aliphatic carbocycles. The molecule has 0 aliphatic heterocycles. The Morgan fingerprint density at radius 3 is 1.76 bits per heavy atom. The number of nitrogens with zero attached hydrogens (tertiary/aromatic N) is 2. The third-order valence-electron chi connectivity index (χ3n) is 5.90. The number of benzene rings is 3. The van der Waals surface area contributed by atoms with E-state index in [1.807, 2.05) is 42.2 Å². The highest BCUT2D eigenvalue weighted by atomic mass is 16.2. The molecule has 3 rings (SSSR count). The normalized spacial score (nSPS) is 10.5. The molecule has 0 atom stereocenters. The number of anilines is 3. The van der Waals surface area contributed by atoms with Gasteiger partial charge in [-0.3, -0.25) is 14.4 Å². The molecule has 0 radical (unpaired) electrons. The van der Waals surface area contributed by atoms with Gasteiger partial charge >= 0.3 is 0 Å². The van der Waals surface area contributed by atoms with E-state index in [0.29, 0.717) is 23.4 Å². The Morgan fingerprint density at radius 2 is 1.22 bits per heavy atom. The maximum atomic E-state index is 12.9. The molecule has 3 amide bonds. The first kappa shape index (κ1) is 27.5. The molecule has 0 aliphatic rings. The van der Waals surface area contributed by atoms with Crippen molar-refractivity contribution in [3.8, 4) is 0 Å². The number of nitrogens with one attached hydrogen (secondary N) is 2. The summed E-state index contributed by atoms with van der Waals surface area (Å²) in [5.41, 5.74) is 3.41. The Labute approximate surface area is 219 Å². The first-order chi connectivity index (χ1) is 18.0. The van der Waals surface area contributed by atoms with Crippen molar-refractivity contribution in [2.75, 3.05) is 41.7 Å². The molecule has 0 bridgehead atoms. The van der Waals surface area contributed by atoms with E-state index in [-0.39, 0.29) is 24.3 Å². The molecule has 0 unspecified atom stereocenters. The van der Waals surface area contributed by atoms with Gasteiger partial charge in [0, 0.05) is 47.8 Å². The van der Waals surface area contributed by atoms with Crippen molar-refractivity contribution in [2.45, 2.75) is 33.6 Å². The average Bonchev–Trinajstić information content (AvgIpc) is 2.93. The zero-order valence-corrected chi connectivity index (χ0v) is 21.9. The van der Waals surface area contributed by atoms with E-state index in [9.17, 15) is 14.4 Å². The summed E-state index contributed by atoms with van der Waals surface area (Å²) in [6.45, 7) is 8.16. The van der Waals surface area contributed by atoms with Crippen molar-refractivity contribution in [1.29, 1.82) is 0 Å². The van der Waals surface area contributed by atoms with E-state index >= 15 is 0 Å². The van der Waals surface area contributed by atoms with Crippen LogP contribution in [0.15, 0.2) is 78.9 Å². The van der Waals surface area contributed by atoms with Gasteiger partial charge in [0.25, 0.3) is 11.8 Å². The molecular formula is C30H36N4O3. The average molecular weight is 501 g/mol. The van der Waals surface area contributed by atoms with E-state index in [0.717, 1.165) is 37.3 Å². The van der Waals surface area contributed by atoms with Crippen LogP contribution < -0.4 is 15.5 Å². The zero-order chi connectivity index (χ0) is 26.6. The Bertz CT molecular complexity index is 1160. The summed E-state index contributed by atoms with van der Waals surface area (Å²) in [5.74, 6) is -0.275. The lowest BCUT2D eigenvalue weighted by Gasteiger charge is -2.21. The fourth-order valence-electron chi connectivity index (χ4n) is 4.06. The minimum Gasteiger partial charge on any atom is -0.376 e. The summed E-state index contributed by atoms with van der Waals surface area (Å²) in [6.07, 6.45) is 1.83.